The fourth-order valence-corrected chi connectivity index (χ4v) is 3.99. The number of benzene rings is 2. The Bertz CT molecular complexity index is 947. The number of ether oxygens (including phenoxy) is 2. The maximum Gasteiger partial charge on any atom is 0.240 e. The minimum Gasteiger partial charge on any atom is -0.486 e. The number of amides is 1. The van der Waals surface area contributed by atoms with E-state index in [1.54, 1.807) is 18.2 Å². The molecule has 0 fully saturated rings. The summed E-state index contributed by atoms with van der Waals surface area (Å²) in [6.07, 6.45) is 2.68. The van der Waals surface area contributed by atoms with E-state index >= 15 is 0 Å². The Labute approximate surface area is 171 Å². The van der Waals surface area contributed by atoms with E-state index in [-0.39, 0.29) is 18.5 Å². The number of rotatable bonds is 8. The molecule has 1 unspecified atom stereocenters. The zero-order valence-corrected chi connectivity index (χ0v) is 17.4. The van der Waals surface area contributed by atoms with Gasteiger partial charge in [-0.25, -0.2) is 8.42 Å². The molecule has 8 heteroatoms. The van der Waals surface area contributed by atoms with Crippen molar-refractivity contribution in [2.45, 2.75) is 25.8 Å². The zero-order valence-electron chi connectivity index (χ0n) is 16.6. The topological polar surface area (TPSA) is 84.9 Å². The SMILES string of the molecule is CC(CCc1ccccc1)NC(=O)CN(c1ccc2c(c1)OCCO2)S(C)(=O)=O. The van der Waals surface area contributed by atoms with Crippen LogP contribution in [-0.4, -0.2) is 46.4 Å². The minimum absolute atomic E-state index is 0.0793. The maximum absolute atomic E-state index is 12.5. The van der Waals surface area contributed by atoms with Gasteiger partial charge in [0, 0.05) is 12.1 Å². The molecule has 2 aromatic rings. The van der Waals surface area contributed by atoms with E-state index in [9.17, 15) is 13.2 Å². The van der Waals surface area contributed by atoms with E-state index in [2.05, 4.69) is 5.32 Å². The molecule has 7 nitrogen and oxygen atoms in total. The van der Waals surface area contributed by atoms with Gasteiger partial charge in [0.15, 0.2) is 11.5 Å². The number of hydrogen-bond donors (Lipinski definition) is 1. The molecule has 0 aromatic heterocycles. The molecule has 0 saturated heterocycles. The highest BCUT2D eigenvalue weighted by atomic mass is 32.2. The van der Waals surface area contributed by atoms with Crippen molar-refractivity contribution in [3.63, 3.8) is 0 Å². The molecule has 1 N–H and O–H groups in total. The quantitative estimate of drug-likeness (QED) is 0.711. The van der Waals surface area contributed by atoms with Crippen LogP contribution in [0.4, 0.5) is 5.69 Å². The van der Waals surface area contributed by atoms with Gasteiger partial charge in [-0.15, -0.1) is 0 Å². The molecule has 2 aromatic carbocycles. The second kappa shape index (κ2) is 9.17. The number of hydrogen-bond acceptors (Lipinski definition) is 5. The fourth-order valence-electron chi connectivity index (χ4n) is 3.14. The molecule has 1 aliphatic heterocycles. The molecule has 1 heterocycles. The molecule has 0 aliphatic carbocycles. The lowest BCUT2D eigenvalue weighted by Crippen LogP contribution is -2.43. The number of aryl methyl sites for hydroxylation is 1. The molecule has 1 amide bonds. The Balaban J connectivity index is 1.63. The van der Waals surface area contributed by atoms with Crippen LogP contribution < -0.4 is 19.1 Å². The van der Waals surface area contributed by atoms with Crippen LogP contribution in [0.25, 0.3) is 0 Å². The van der Waals surface area contributed by atoms with Crippen molar-refractivity contribution in [3.05, 3.63) is 54.1 Å². The van der Waals surface area contributed by atoms with Crippen LogP contribution in [0, 0.1) is 0 Å². The first-order chi connectivity index (χ1) is 13.8. The molecule has 0 spiro atoms. The van der Waals surface area contributed by atoms with Crippen LogP contribution in [0.3, 0.4) is 0 Å². The van der Waals surface area contributed by atoms with Gasteiger partial charge in [-0.05, 0) is 37.5 Å². The summed E-state index contributed by atoms with van der Waals surface area (Å²) < 4.78 is 36.7. The van der Waals surface area contributed by atoms with Gasteiger partial charge in [0.05, 0.1) is 11.9 Å². The lowest BCUT2D eigenvalue weighted by molar-refractivity contribution is -0.120. The highest BCUT2D eigenvalue weighted by molar-refractivity contribution is 7.92. The fraction of sp³-hybridized carbons (Fsp3) is 0.381. The summed E-state index contributed by atoms with van der Waals surface area (Å²) >= 11 is 0. The largest absolute Gasteiger partial charge is 0.486 e. The van der Waals surface area contributed by atoms with Gasteiger partial charge in [0.1, 0.15) is 19.8 Å². The third-order valence-corrected chi connectivity index (χ3v) is 5.76. The molecule has 156 valence electrons. The van der Waals surface area contributed by atoms with Crippen LogP contribution in [-0.2, 0) is 21.2 Å². The van der Waals surface area contributed by atoms with Crippen LogP contribution in [0.5, 0.6) is 11.5 Å². The minimum atomic E-state index is -3.65. The smallest absolute Gasteiger partial charge is 0.240 e. The number of fused-ring (bicyclic) bond motifs is 1. The molecule has 3 rings (SSSR count). The first-order valence-corrected chi connectivity index (χ1v) is 11.4. The maximum atomic E-state index is 12.5. The third kappa shape index (κ3) is 5.87. The van der Waals surface area contributed by atoms with Crippen molar-refractivity contribution in [3.8, 4) is 11.5 Å². The molecule has 1 atom stereocenters. The summed E-state index contributed by atoms with van der Waals surface area (Å²) in [5.41, 5.74) is 1.56. The van der Waals surface area contributed by atoms with Crippen molar-refractivity contribution in [2.24, 2.45) is 0 Å². The molecule has 1 aliphatic rings. The number of carbonyl (C=O) groups excluding carboxylic acids is 1. The van der Waals surface area contributed by atoms with E-state index in [0.717, 1.165) is 23.4 Å². The predicted octanol–water partition coefficient (Wildman–Crippen LogP) is 2.36. The normalized spacial score (nSPS) is 14.1. The molecule has 0 saturated carbocycles. The van der Waals surface area contributed by atoms with Crippen molar-refractivity contribution in [1.82, 2.24) is 5.32 Å². The van der Waals surface area contributed by atoms with Crippen LogP contribution in [0.1, 0.15) is 18.9 Å². The van der Waals surface area contributed by atoms with Gasteiger partial charge in [-0.1, -0.05) is 30.3 Å². The second-order valence-corrected chi connectivity index (χ2v) is 9.00. The Morgan fingerprint density at radius 3 is 2.48 bits per heavy atom. The summed E-state index contributed by atoms with van der Waals surface area (Å²) in [6, 6.07) is 14.8. The monoisotopic (exact) mass is 418 g/mol. The molecular formula is C21H26N2O5S. The summed E-state index contributed by atoms with van der Waals surface area (Å²) in [7, 11) is -3.65. The highest BCUT2D eigenvalue weighted by Gasteiger charge is 2.23. The highest BCUT2D eigenvalue weighted by Crippen LogP contribution is 2.34. The number of carbonyl (C=O) groups is 1. The van der Waals surface area contributed by atoms with Gasteiger partial charge >= 0.3 is 0 Å². The van der Waals surface area contributed by atoms with Gasteiger partial charge in [0.25, 0.3) is 0 Å². The van der Waals surface area contributed by atoms with Crippen molar-refractivity contribution >= 4 is 21.6 Å². The van der Waals surface area contributed by atoms with Gasteiger partial charge in [-0.2, -0.15) is 0 Å². The number of nitrogens with zero attached hydrogens (tertiary/aromatic N) is 1. The Hall–Kier alpha value is -2.74. The Kier molecular flexibility index (Phi) is 6.64. The summed E-state index contributed by atoms with van der Waals surface area (Å²) in [5.74, 6) is 0.678. The van der Waals surface area contributed by atoms with Crippen LogP contribution >= 0.6 is 0 Å². The first kappa shape index (κ1) is 21.0. The molecule has 0 bridgehead atoms. The standard InChI is InChI=1S/C21H26N2O5S/c1-16(8-9-17-6-4-3-5-7-17)22-21(24)15-23(29(2,25)26)18-10-11-19-20(14-18)28-13-12-27-19/h3-7,10-11,14,16H,8-9,12-13,15H2,1-2H3,(H,22,24). The Morgan fingerprint density at radius 1 is 1.10 bits per heavy atom. The second-order valence-electron chi connectivity index (χ2n) is 7.09. The van der Waals surface area contributed by atoms with Gasteiger partial charge in [0.2, 0.25) is 15.9 Å². The number of nitrogens with one attached hydrogen (secondary N) is 1. The zero-order chi connectivity index (χ0) is 20.9. The van der Waals surface area contributed by atoms with Crippen LogP contribution in [0.2, 0.25) is 0 Å². The molecular weight excluding hydrogens is 392 g/mol. The van der Waals surface area contributed by atoms with E-state index < -0.39 is 10.0 Å². The lowest BCUT2D eigenvalue weighted by atomic mass is 10.1. The van der Waals surface area contributed by atoms with Crippen molar-refractivity contribution < 1.29 is 22.7 Å². The number of sulfonamides is 1. The third-order valence-electron chi connectivity index (χ3n) is 4.62. The lowest BCUT2D eigenvalue weighted by Gasteiger charge is -2.25. The van der Waals surface area contributed by atoms with Crippen molar-refractivity contribution in [1.29, 1.82) is 0 Å². The molecule has 0 radical (unpaired) electrons. The summed E-state index contributed by atoms with van der Waals surface area (Å²) in [4.78, 5) is 12.5. The average molecular weight is 419 g/mol. The predicted molar refractivity (Wildman–Crippen MR) is 112 cm³/mol. The average Bonchev–Trinajstić information content (AvgIpc) is 2.70. The summed E-state index contributed by atoms with van der Waals surface area (Å²) in [5, 5.41) is 2.88. The van der Waals surface area contributed by atoms with Crippen molar-refractivity contribution in [2.75, 3.05) is 30.3 Å². The van der Waals surface area contributed by atoms with E-state index in [1.165, 1.54) is 5.56 Å². The van der Waals surface area contributed by atoms with Gasteiger partial charge in [-0.3, -0.25) is 9.10 Å². The first-order valence-electron chi connectivity index (χ1n) is 9.53. The van der Waals surface area contributed by atoms with Gasteiger partial charge < -0.3 is 14.8 Å². The van der Waals surface area contributed by atoms with E-state index in [1.807, 2.05) is 37.3 Å². The molecule has 29 heavy (non-hydrogen) atoms. The number of anilines is 1. The Morgan fingerprint density at radius 2 is 1.79 bits per heavy atom. The summed E-state index contributed by atoms with van der Waals surface area (Å²) in [6.45, 7) is 2.46. The van der Waals surface area contributed by atoms with E-state index in [4.69, 9.17) is 9.47 Å². The van der Waals surface area contributed by atoms with Crippen LogP contribution in [0.15, 0.2) is 48.5 Å². The van der Waals surface area contributed by atoms with E-state index in [0.29, 0.717) is 30.4 Å².